The first-order chi connectivity index (χ1) is 8.99. The summed E-state index contributed by atoms with van der Waals surface area (Å²) in [4.78, 5) is 12.0. The molecule has 1 aromatic rings. The summed E-state index contributed by atoms with van der Waals surface area (Å²) in [6.45, 7) is 4.86. The predicted molar refractivity (Wildman–Crippen MR) is 79.9 cm³/mol. The number of nitrogens with one attached hydrogen (secondary N) is 1. The normalized spacial score (nSPS) is 12.3. The molecular formula is C14H21BrN2O2. The van der Waals surface area contributed by atoms with E-state index in [0.717, 1.165) is 15.8 Å². The van der Waals surface area contributed by atoms with Crippen molar-refractivity contribution in [2.24, 2.45) is 17.6 Å². The van der Waals surface area contributed by atoms with E-state index in [4.69, 9.17) is 10.5 Å². The van der Waals surface area contributed by atoms with Crippen molar-refractivity contribution in [3.63, 3.8) is 0 Å². The number of nitrogens with two attached hydrogens (primary N) is 1. The molecule has 0 aliphatic carbocycles. The molecule has 1 atom stereocenters. The summed E-state index contributed by atoms with van der Waals surface area (Å²) < 4.78 is 6.04. The van der Waals surface area contributed by atoms with E-state index >= 15 is 0 Å². The number of rotatable bonds is 6. The molecule has 0 saturated heterocycles. The lowest BCUT2D eigenvalue weighted by Crippen LogP contribution is -2.37. The quantitative estimate of drug-likeness (QED) is 0.842. The number of hydrogen-bond acceptors (Lipinski definition) is 3. The highest BCUT2D eigenvalue weighted by Crippen LogP contribution is 2.25. The van der Waals surface area contributed by atoms with Gasteiger partial charge in [-0.2, -0.15) is 0 Å². The zero-order valence-electron chi connectivity index (χ0n) is 11.6. The maximum atomic E-state index is 12.0. The molecule has 0 radical (unpaired) electrons. The fourth-order valence-corrected chi connectivity index (χ4v) is 2.41. The fraction of sp³-hybridized carbons (Fsp3) is 0.500. The summed E-state index contributed by atoms with van der Waals surface area (Å²) in [7, 11) is 1.62. The van der Waals surface area contributed by atoms with Crippen LogP contribution < -0.4 is 15.8 Å². The molecule has 1 rings (SSSR count). The molecule has 3 N–H and O–H groups in total. The molecule has 0 spiro atoms. The summed E-state index contributed by atoms with van der Waals surface area (Å²) in [6, 6.07) is 5.73. The van der Waals surface area contributed by atoms with Crippen LogP contribution in [0, 0.1) is 11.8 Å². The molecule has 106 valence electrons. The number of hydrogen-bond donors (Lipinski definition) is 2. The number of methoxy groups -OCH3 is 1. The molecular weight excluding hydrogens is 308 g/mol. The van der Waals surface area contributed by atoms with E-state index in [1.165, 1.54) is 0 Å². The Balaban J connectivity index is 2.61. The average Bonchev–Trinajstić information content (AvgIpc) is 2.37. The van der Waals surface area contributed by atoms with Crippen LogP contribution in [0.4, 0.5) is 0 Å². The number of carbonyl (C=O) groups excluding carboxylic acids is 1. The third kappa shape index (κ3) is 4.51. The van der Waals surface area contributed by atoms with Crippen LogP contribution >= 0.6 is 15.9 Å². The van der Waals surface area contributed by atoms with Crippen molar-refractivity contribution in [1.82, 2.24) is 5.32 Å². The largest absolute Gasteiger partial charge is 0.496 e. The first-order valence-electron chi connectivity index (χ1n) is 6.29. The Morgan fingerprint density at radius 3 is 2.63 bits per heavy atom. The molecule has 1 unspecified atom stereocenters. The van der Waals surface area contributed by atoms with Gasteiger partial charge in [0.1, 0.15) is 5.75 Å². The second-order valence-corrected chi connectivity index (χ2v) is 5.63. The highest BCUT2D eigenvalue weighted by atomic mass is 79.9. The van der Waals surface area contributed by atoms with E-state index in [0.29, 0.717) is 13.1 Å². The highest BCUT2D eigenvalue weighted by molar-refractivity contribution is 9.10. The Hall–Kier alpha value is -1.07. The van der Waals surface area contributed by atoms with Crippen LogP contribution in [0.3, 0.4) is 0 Å². The Labute approximate surface area is 122 Å². The molecule has 0 aliphatic heterocycles. The lowest BCUT2D eigenvalue weighted by molar-refractivity contribution is -0.126. The fourth-order valence-electron chi connectivity index (χ4n) is 1.82. The number of ether oxygens (including phenoxy) is 1. The molecule has 0 saturated carbocycles. The second kappa shape index (κ2) is 7.50. The lowest BCUT2D eigenvalue weighted by Gasteiger charge is -2.18. The smallest absolute Gasteiger partial charge is 0.224 e. The third-order valence-electron chi connectivity index (χ3n) is 3.08. The SMILES string of the molecule is COc1ccc(CNC(=O)C(CN)C(C)C)cc1Br. The second-order valence-electron chi connectivity index (χ2n) is 4.77. The van der Waals surface area contributed by atoms with Gasteiger partial charge in [0.2, 0.25) is 5.91 Å². The van der Waals surface area contributed by atoms with Gasteiger partial charge in [-0.25, -0.2) is 0 Å². The maximum Gasteiger partial charge on any atom is 0.224 e. The molecule has 1 aromatic carbocycles. The van der Waals surface area contributed by atoms with Gasteiger partial charge in [-0.1, -0.05) is 19.9 Å². The van der Waals surface area contributed by atoms with Crippen molar-refractivity contribution in [1.29, 1.82) is 0 Å². The molecule has 1 amide bonds. The van der Waals surface area contributed by atoms with Crippen LogP contribution in [-0.4, -0.2) is 19.6 Å². The van der Waals surface area contributed by atoms with Gasteiger partial charge in [0.25, 0.3) is 0 Å². The van der Waals surface area contributed by atoms with Gasteiger partial charge < -0.3 is 15.8 Å². The Bertz CT molecular complexity index is 435. The van der Waals surface area contributed by atoms with E-state index in [-0.39, 0.29) is 17.7 Å². The molecule has 4 nitrogen and oxygen atoms in total. The minimum absolute atomic E-state index is 0.00411. The Morgan fingerprint density at radius 1 is 1.47 bits per heavy atom. The summed E-state index contributed by atoms with van der Waals surface area (Å²) in [5, 5.41) is 2.92. The standard InChI is InChI=1S/C14H21BrN2O2/c1-9(2)11(7-16)14(18)17-8-10-4-5-13(19-3)12(15)6-10/h4-6,9,11H,7-8,16H2,1-3H3,(H,17,18). The van der Waals surface area contributed by atoms with E-state index in [9.17, 15) is 4.79 Å². The molecule has 0 aliphatic rings. The summed E-state index contributed by atoms with van der Waals surface area (Å²) >= 11 is 3.42. The third-order valence-corrected chi connectivity index (χ3v) is 3.70. The van der Waals surface area contributed by atoms with Crippen LogP contribution in [0.15, 0.2) is 22.7 Å². The monoisotopic (exact) mass is 328 g/mol. The van der Waals surface area contributed by atoms with E-state index in [2.05, 4.69) is 21.2 Å². The minimum Gasteiger partial charge on any atom is -0.496 e. The number of halogens is 1. The molecule has 0 bridgehead atoms. The van der Waals surface area contributed by atoms with Crippen molar-refractivity contribution in [2.75, 3.05) is 13.7 Å². The van der Waals surface area contributed by atoms with Crippen molar-refractivity contribution >= 4 is 21.8 Å². The van der Waals surface area contributed by atoms with Crippen molar-refractivity contribution < 1.29 is 9.53 Å². The minimum atomic E-state index is -0.137. The highest BCUT2D eigenvalue weighted by Gasteiger charge is 2.19. The molecule has 19 heavy (non-hydrogen) atoms. The zero-order chi connectivity index (χ0) is 14.4. The Morgan fingerprint density at radius 2 is 2.16 bits per heavy atom. The lowest BCUT2D eigenvalue weighted by atomic mass is 9.95. The molecule has 0 fully saturated rings. The topological polar surface area (TPSA) is 64.3 Å². The van der Waals surface area contributed by atoms with E-state index in [1.807, 2.05) is 32.0 Å². The van der Waals surface area contributed by atoms with Crippen LogP contribution in [0.2, 0.25) is 0 Å². The first kappa shape index (κ1) is 16.0. The van der Waals surface area contributed by atoms with Gasteiger partial charge in [0.15, 0.2) is 0 Å². The van der Waals surface area contributed by atoms with Gasteiger partial charge >= 0.3 is 0 Å². The predicted octanol–water partition coefficient (Wildman–Crippen LogP) is 2.30. The first-order valence-corrected chi connectivity index (χ1v) is 7.09. The van der Waals surface area contributed by atoms with E-state index in [1.54, 1.807) is 7.11 Å². The Kier molecular flexibility index (Phi) is 6.31. The van der Waals surface area contributed by atoms with Crippen LogP contribution in [0.25, 0.3) is 0 Å². The van der Waals surface area contributed by atoms with Crippen LogP contribution in [0.5, 0.6) is 5.75 Å². The average molecular weight is 329 g/mol. The summed E-state index contributed by atoms with van der Waals surface area (Å²) in [6.07, 6.45) is 0. The van der Waals surface area contributed by atoms with Gasteiger partial charge in [-0.3, -0.25) is 4.79 Å². The molecule has 0 aromatic heterocycles. The van der Waals surface area contributed by atoms with Crippen molar-refractivity contribution in [2.45, 2.75) is 20.4 Å². The zero-order valence-corrected chi connectivity index (χ0v) is 13.2. The molecule has 0 heterocycles. The van der Waals surface area contributed by atoms with Crippen LogP contribution in [0.1, 0.15) is 19.4 Å². The van der Waals surface area contributed by atoms with Crippen molar-refractivity contribution in [3.8, 4) is 5.75 Å². The van der Waals surface area contributed by atoms with Gasteiger partial charge in [-0.15, -0.1) is 0 Å². The van der Waals surface area contributed by atoms with Gasteiger partial charge in [-0.05, 0) is 39.5 Å². The number of benzene rings is 1. The number of amides is 1. The maximum absolute atomic E-state index is 12.0. The van der Waals surface area contributed by atoms with Crippen molar-refractivity contribution in [3.05, 3.63) is 28.2 Å². The van der Waals surface area contributed by atoms with E-state index < -0.39 is 0 Å². The van der Waals surface area contributed by atoms with Gasteiger partial charge in [0, 0.05) is 13.1 Å². The van der Waals surface area contributed by atoms with Gasteiger partial charge in [0.05, 0.1) is 17.5 Å². The molecule has 5 heteroatoms. The summed E-state index contributed by atoms with van der Waals surface area (Å²) in [5.74, 6) is 0.885. The number of carbonyl (C=O) groups is 1. The summed E-state index contributed by atoms with van der Waals surface area (Å²) in [5.41, 5.74) is 6.64. The van der Waals surface area contributed by atoms with Crippen LogP contribution in [-0.2, 0) is 11.3 Å².